The smallest absolute Gasteiger partial charge is 0.225 e. The zero-order chi connectivity index (χ0) is 12.7. The Labute approximate surface area is 101 Å². The zero-order valence-electron chi connectivity index (χ0n) is 10.1. The van der Waals surface area contributed by atoms with Crippen molar-refractivity contribution in [1.82, 2.24) is 5.32 Å². The summed E-state index contributed by atoms with van der Waals surface area (Å²) in [6.45, 7) is 4.56. The van der Waals surface area contributed by atoms with Gasteiger partial charge < -0.3 is 10.1 Å². The van der Waals surface area contributed by atoms with Crippen molar-refractivity contribution < 1.29 is 9.53 Å². The van der Waals surface area contributed by atoms with E-state index >= 15 is 0 Å². The third-order valence-corrected chi connectivity index (χ3v) is 2.27. The maximum absolute atomic E-state index is 11.4. The van der Waals surface area contributed by atoms with E-state index in [4.69, 9.17) is 10.00 Å². The van der Waals surface area contributed by atoms with Crippen molar-refractivity contribution in [2.45, 2.75) is 20.3 Å². The molecule has 0 spiro atoms. The van der Waals surface area contributed by atoms with Crippen LogP contribution in [-0.4, -0.2) is 19.1 Å². The van der Waals surface area contributed by atoms with E-state index in [1.54, 1.807) is 0 Å². The molecule has 0 fully saturated rings. The van der Waals surface area contributed by atoms with E-state index in [1.807, 2.05) is 38.1 Å². The highest BCUT2D eigenvalue weighted by Crippen LogP contribution is 2.19. The van der Waals surface area contributed by atoms with Gasteiger partial charge in [-0.2, -0.15) is 5.26 Å². The maximum Gasteiger partial charge on any atom is 0.225 e. The van der Waals surface area contributed by atoms with E-state index in [0.717, 1.165) is 16.9 Å². The summed E-state index contributed by atoms with van der Waals surface area (Å²) in [6, 6.07) is 7.53. The molecule has 0 aliphatic rings. The van der Waals surface area contributed by atoms with E-state index < -0.39 is 0 Å². The summed E-state index contributed by atoms with van der Waals surface area (Å²) in [7, 11) is 0. The summed E-state index contributed by atoms with van der Waals surface area (Å²) in [5.41, 5.74) is 1.93. The summed E-state index contributed by atoms with van der Waals surface area (Å²) in [5.74, 6) is 0.698. The van der Waals surface area contributed by atoms with Gasteiger partial charge in [-0.1, -0.05) is 12.1 Å². The first-order valence-electron chi connectivity index (χ1n) is 5.53. The number of amides is 1. The van der Waals surface area contributed by atoms with Gasteiger partial charge in [0, 0.05) is 0 Å². The Hall–Kier alpha value is -2.02. The van der Waals surface area contributed by atoms with E-state index in [-0.39, 0.29) is 18.9 Å². The number of aryl methyl sites for hydroxylation is 1. The van der Waals surface area contributed by atoms with Crippen LogP contribution in [0.5, 0.6) is 5.75 Å². The fraction of sp³-hybridized carbons (Fsp3) is 0.385. The topological polar surface area (TPSA) is 62.1 Å². The molecule has 0 heterocycles. The molecule has 0 atom stereocenters. The van der Waals surface area contributed by atoms with Crippen LogP contribution in [0.2, 0.25) is 0 Å². The Kier molecular flexibility index (Phi) is 5.02. The fourth-order valence-electron chi connectivity index (χ4n) is 1.52. The van der Waals surface area contributed by atoms with Gasteiger partial charge >= 0.3 is 0 Å². The van der Waals surface area contributed by atoms with Crippen LogP contribution in [0.15, 0.2) is 18.2 Å². The van der Waals surface area contributed by atoms with Gasteiger partial charge in [0.25, 0.3) is 0 Å². The quantitative estimate of drug-likeness (QED) is 0.784. The molecule has 90 valence electrons. The second-order valence-electron chi connectivity index (χ2n) is 3.64. The van der Waals surface area contributed by atoms with Crippen molar-refractivity contribution in [1.29, 1.82) is 5.26 Å². The fourth-order valence-corrected chi connectivity index (χ4v) is 1.52. The highest BCUT2D eigenvalue weighted by Gasteiger charge is 2.05. The Morgan fingerprint density at radius 2 is 2.29 bits per heavy atom. The molecule has 0 aromatic heterocycles. The van der Waals surface area contributed by atoms with Crippen LogP contribution in [0.1, 0.15) is 18.1 Å². The van der Waals surface area contributed by atoms with Gasteiger partial charge in [-0.05, 0) is 31.0 Å². The summed E-state index contributed by atoms with van der Waals surface area (Å²) >= 11 is 0. The number of carbonyl (C=O) groups excluding carboxylic acids is 1. The molecule has 1 aromatic carbocycles. The number of nitrogens with zero attached hydrogens (tertiary/aromatic N) is 1. The minimum Gasteiger partial charge on any atom is -0.494 e. The van der Waals surface area contributed by atoms with Crippen LogP contribution in [0.4, 0.5) is 0 Å². The van der Waals surface area contributed by atoms with E-state index in [2.05, 4.69) is 5.32 Å². The van der Waals surface area contributed by atoms with Gasteiger partial charge in [0.15, 0.2) is 0 Å². The molecule has 0 radical (unpaired) electrons. The number of hydrogen-bond donors (Lipinski definition) is 1. The molecule has 0 aliphatic carbocycles. The largest absolute Gasteiger partial charge is 0.494 e. The Morgan fingerprint density at radius 3 is 2.88 bits per heavy atom. The molecule has 1 amide bonds. The molecule has 0 bridgehead atoms. The molecule has 1 rings (SSSR count). The third kappa shape index (κ3) is 4.15. The number of nitrogens with one attached hydrogen (secondary N) is 1. The Balaban J connectivity index is 2.64. The molecule has 0 saturated carbocycles. The van der Waals surface area contributed by atoms with Gasteiger partial charge in [-0.15, -0.1) is 0 Å². The lowest BCUT2D eigenvalue weighted by Gasteiger charge is -2.08. The van der Waals surface area contributed by atoms with E-state index in [9.17, 15) is 4.79 Å². The van der Waals surface area contributed by atoms with E-state index in [0.29, 0.717) is 6.61 Å². The lowest BCUT2D eigenvalue weighted by molar-refractivity contribution is -0.120. The molecular weight excluding hydrogens is 216 g/mol. The zero-order valence-corrected chi connectivity index (χ0v) is 10.1. The van der Waals surface area contributed by atoms with Gasteiger partial charge in [0.2, 0.25) is 5.91 Å². The number of nitriles is 1. The Morgan fingerprint density at radius 1 is 1.53 bits per heavy atom. The highest BCUT2D eigenvalue weighted by molar-refractivity contribution is 5.78. The summed E-state index contributed by atoms with van der Waals surface area (Å²) < 4.78 is 5.42. The predicted molar refractivity (Wildman–Crippen MR) is 64.7 cm³/mol. The van der Waals surface area contributed by atoms with Crippen molar-refractivity contribution in [3.63, 3.8) is 0 Å². The molecule has 4 heteroatoms. The van der Waals surface area contributed by atoms with Crippen molar-refractivity contribution in [3.05, 3.63) is 29.3 Å². The number of ether oxygens (including phenoxy) is 1. The van der Waals surface area contributed by atoms with Crippen LogP contribution < -0.4 is 10.1 Å². The highest BCUT2D eigenvalue weighted by atomic mass is 16.5. The second-order valence-corrected chi connectivity index (χ2v) is 3.64. The Bertz CT molecular complexity index is 436. The van der Waals surface area contributed by atoms with Gasteiger partial charge in [-0.25, -0.2) is 0 Å². The van der Waals surface area contributed by atoms with Crippen molar-refractivity contribution in [2.75, 3.05) is 13.2 Å². The molecule has 0 unspecified atom stereocenters. The van der Waals surface area contributed by atoms with Crippen LogP contribution >= 0.6 is 0 Å². The molecule has 17 heavy (non-hydrogen) atoms. The van der Waals surface area contributed by atoms with Crippen molar-refractivity contribution >= 4 is 5.91 Å². The molecule has 1 N–H and O–H groups in total. The molecule has 1 aromatic rings. The number of hydrogen-bond acceptors (Lipinski definition) is 3. The average molecular weight is 232 g/mol. The van der Waals surface area contributed by atoms with Gasteiger partial charge in [0.05, 0.1) is 19.1 Å². The van der Waals surface area contributed by atoms with Gasteiger partial charge in [0.1, 0.15) is 12.3 Å². The SMILES string of the molecule is CCOc1ccc(CC(=O)NCC#N)cc1C. The first kappa shape index (κ1) is 13.0. The lowest BCUT2D eigenvalue weighted by Crippen LogP contribution is -2.25. The van der Waals surface area contributed by atoms with E-state index in [1.165, 1.54) is 0 Å². The van der Waals surface area contributed by atoms with Crippen molar-refractivity contribution in [3.8, 4) is 11.8 Å². The number of benzene rings is 1. The molecule has 0 aliphatic heterocycles. The lowest BCUT2D eigenvalue weighted by atomic mass is 10.1. The first-order chi connectivity index (χ1) is 8.17. The van der Waals surface area contributed by atoms with Crippen LogP contribution in [0.25, 0.3) is 0 Å². The summed E-state index contributed by atoms with van der Waals surface area (Å²) in [5, 5.41) is 10.8. The second kappa shape index (κ2) is 6.54. The number of carbonyl (C=O) groups is 1. The average Bonchev–Trinajstić information content (AvgIpc) is 2.30. The number of rotatable bonds is 5. The first-order valence-corrected chi connectivity index (χ1v) is 5.53. The maximum atomic E-state index is 11.4. The minimum atomic E-state index is -0.143. The summed E-state index contributed by atoms with van der Waals surface area (Å²) in [4.78, 5) is 11.4. The molecular formula is C13H16N2O2. The van der Waals surface area contributed by atoms with Crippen molar-refractivity contribution in [2.24, 2.45) is 0 Å². The summed E-state index contributed by atoms with van der Waals surface area (Å²) in [6.07, 6.45) is 0.287. The van der Waals surface area contributed by atoms with Crippen LogP contribution in [0.3, 0.4) is 0 Å². The predicted octanol–water partition coefficient (Wildman–Crippen LogP) is 1.58. The van der Waals surface area contributed by atoms with Gasteiger partial charge in [-0.3, -0.25) is 4.79 Å². The van der Waals surface area contributed by atoms with Crippen LogP contribution in [-0.2, 0) is 11.2 Å². The minimum absolute atomic E-state index is 0.0504. The standard InChI is InChI=1S/C13H16N2O2/c1-3-17-12-5-4-11(8-10(12)2)9-13(16)15-7-6-14/h4-5,8H,3,7,9H2,1-2H3,(H,15,16). The van der Waals surface area contributed by atoms with Crippen LogP contribution in [0, 0.1) is 18.3 Å². The normalized spacial score (nSPS) is 9.47. The molecule has 4 nitrogen and oxygen atoms in total. The molecule has 0 saturated heterocycles. The monoisotopic (exact) mass is 232 g/mol. The third-order valence-electron chi connectivity index (χ3n) is 2.27.